The lowest BCUT2D eigenvalue weighted by molar-refractivity contribution is -0.117. The number of benzene rings is 3. The molecule has 0 bridgehead atoms. The molecular formula is C25H30N2O2S2. The maximum absolute atomic E-state index is 10.3. The minimum Gasteiger partial charge on any atom is -0.396 e. The van der Waals surface area contributed by atoms with E-state index in [-0.39, 0.29) is 17.9 Å². The van der Waals surface area contributed by atoms with Gasteiger partial charge in [0.25, 0.3) is 0 Å². The normalized spacial score (nSPS) is 14.6. The van der Waals surface area contributed by atoms with Gasteiger partial charge in [-0.25, -0.2) is 0 Å². The van der Waals surface area contributed by atoms with Crippen LogP contribution in [0.2, 0.25) is 0 Å². The van der Waals surface area contributed by atoms with Crippen LogP contribution in [0.1, 0.15) is 12.0 Å². The fourth-order valence-electron chi connectivity index (χ4n) is 2.82. The van der Waals surface area contributed by atoms with E-state index in [2.05, 4.69) is 54.3 Å². The molecule has 1 aliphatic rings. The number of nitrogens with two attached hydrogens (primary N) is 1. The Morgan fingerprint density at radius 1 is 0.968 bits per heavy atom. The van der Waals surface area contributed by atoms with Gasteiger partial charge in [0.2, 0.25) is 5.91 Å². The molecule has 3 aromatic carbocycles. The van der Waals surface area contributed by atoms with Gasteiger partial charge in [-0.15, -0.1) is 24.4 Å². The Balaban J connectivity index is 0.000000171. The van der Waals surface area contributed by atoms with Gasteiger partial charge in [0, 0.05) is 23.8 Å². The standard InChI is InChI=1S/C12H10S.C9H12O.C4H8N2OS/c13-12-8-6-11(7-9-12)10-4-2-1-3-5-10;10-8-4-7-9-5-2-1-3-6-9;5-3(7)4-6-1-2-8-4/h1-9,13H;1-3,5-6,10H,4,7-8H2;4,6H,1-2H2,(H2,5,7)/t;;4-/m..0/s1. The zero-order valence-electron chi connectivity index (χ0n) is 17.5. The van der Waals surface area contributed by atoms with Crippen molar-refractivity contribution in [2.45, 2.75) is 23.1 Å². The summed E-state index contributed by atoms with van der Waals surface area (Å²) >= 11 is 5.81. The molecule has 0 saturated carbocycles. The third kappa shape index (κ3) is 10.1. The zero-order valence-corrected chi connectivity index (χ0v) is 19.2. The van der Waals surface area contributed by atoms with Crippen LogP contribution in [0.5, 0.6) is 0 Å². The Bertz CT molecular complexity index is 869. The predicted molar refractivity (Wildman–Crippen MR) is 134 cm³/mol. The van der Waals surface area contributed by atoms with Crippen molar-refractivity contribution in [3.8, 4) is 11.1 Å². The second-order valence-electron chi connectivity index (χ2n) is 6.83. The number of amides is 1. The predicted octanol–water partition coefficient (Wildman–Crippen LogP) is 4.39. The molecule has 0 spiro atoms. The Morgan fingerprint density at radius 2 is 1.55 bits per heavy atom. The van der Waals surface area contributed by atoms with Crippen molar-refractivity contribution in [1.29, 1.82) is 0 Å². The van der Waals surface area contributed by atoms with Gasteiger partial charge in [-0.05, 0) is 41.7 Å². The minimum atomic E-state index is -0.257. The Kier molecular flexibility index (Phi) is 11.9. The first-order valence-corrected chi connectivity index (χ1v) is 11.7. The maximum Gasteiger partial charge on any atom is 0.244 e. The first-order valence-electron chi connectivity index (χ1n) is 10.2. The number of thiol groups is 1. The van der Waals surface area contributed by atoms with Crippen LogP contribution in [0.15, 0.2) is 89.8 Å². The average molecular weight is 455 g/mol. The van der Waals surface area contributed by atoms with Gasteiger partial charge in [0.15, 0.2) is 0 Å². The van der Waals surface area contributed by atoms with Crippen molar-refractivity contribution in [2.75, 3.05) is 18.9 Å². The van der Waals surface area contributed by atoms with Crippen molar-refractivity contribution in [3.63, 3.8) is 0 Å². The van der Waals surface area contributed by atoms with E-state index < -0.39 is 0 Å². The van der Waals surface area contributed by atoms with E-state index in [1.807, 2.05) is 48.5 Å². The number of hydrogen-bond donors (Lipinski definition) is 4. The molecule has 1 amide bonds. The van der Waals surface area contributed by atoms with E-state index in [9.17, 15) is 4.79 Å². The van der Waals surface area contributed by atoms with Gasteiger partial charge in [-0.1, -0.05) is 72.8 Å². The molecule has 31 heavy (non-hydrogen) atoms. The average Bonchev–Trinajstić information content (AvgIpc) is 3.36. The monoisotopic (exact) mass is 454 g/mol. The number of aliphatic hydroxyl groups excluding tert-OH is 1. The molecule has 0 radical (unpaired) electrons. The summed E-state index contributed by atoms with van der Waals surface area (Å²) in [6, 6.07) is 28.7. The van der Waals surface area contributed by atoms with Gasteiger partial charge in [0.05, 0.1) is 0 Å². The van der Waals surface area contributed by atoms with Gasteiger partial charge in [0.1, 0.15) is 5.37 Å². The topological polar surface area (TPSA) is 75.4 Å². The molecule has 164 valence electrons. The zero-order chi connectivity index (χ0) is 22.3. The van der Waals surface area contributed by atoms with Gasteiger partial charge in [-0.3, -0.25) is 10.1 Å². The number of carbonyl (C=O) groups excluding carboxylic acids is 1. The third-order valence-electron chi connectivity index (χ3n) is 4.42. The van der Waals surface area contributed by atoms with Gasteiger partial charge >= 0.3 is 0 Å². The number of hydrogen-bond acceptors (Lipinski definition) is 5. The number of carbonyl (C=O) groups is 1. The number of primary amides is 1. The van der Waals surface area contributed by atoms with Crippen LogP contribution in [-0.4, -0.2) is 35.3 Å². The van der Waals surface area contributed by atoms with Gasteiger partial charge in [-0.2, -0.15) is 0 Å². The third-order valence-corrected chi connectivity index (χ3v) is 5.89. The lowest BCUT2D eigenvalue weighted by atomic mass is 10.1. The summed E-state index contributed by atoms with van der Waals surface area (Å²) < 4.78 is 0. The molecule has 3 aromatic rings. The highest BCUT2D eigenvalue weighted by Gasteiger charge is 2.18. The van der Waals surface area contributed by atoms with E-state index in [0.717, 1.165) is 30.0 Å². The molecule has 1 aliphatic heterocycles. The molecular weight excluding hydrogens is 424 g/mol. The van der Waals surface area contributed by atoms with Crippen molar-refractivity contribution < 1.29 is 9.90 Å². The molecule has 4 nitrogen and oxygen atoms in total. The molecule has 1 saturated heterocycles. The Hall–Kier alpha value is -2.25. The van der Waals surface area contributed by atoms with Crippen molar-refractivity contribution in [2.24, 2.45) is 5.73 Å². The van der Waals surface area contributed by atoms with E-state index in [4.69, 9.17) is 10.8 Å². The molecule has 6 heteroatoms. The summed E-state index contributed by atoms with van der Waals surface area (Å²) in [6.45, 7) is 1.19. The van der Waals surface area contributed by atoms with Crippen molar-refractivity contribution in [3.05, 3.63) is 90.5 Å². The fraction of sp³-hybridized carbons (Fsp3) is 0.240. The van der Waals surface area contributed by atoms with Gasteiger partial charge < -0.3 is 10.8 Å². The fourth-order valence-corrected chi connectivity index (χ4v) is 3.84. The van der Waals surface area contributed by atoms with E-state index in [0.29, 0.717) is 0 Å². The molecule has 1 heterocycles. The maximum atomic E-state index is 10.3. The van der Waals surface area contributed by atoms with Crippen LogP contribution in [0.25, 0.3) is 11.1 Å². The number of thioether (sulfide) groups is 1. The molecule has 0 aliphatic carbocycles. The first kappa shape index (κ1) is 25.0. The highest BCUT2D eigenvalue weighted by Crippen LogP contribution is 2.20. The molecule has 4 N–H and O–H groups in total. The summed E-state index contributed by atoms with van der Waals surface area (Å²) in [5, 5.41) is 11.3. The Morgan fingerprint density at radius 3 is 2.03 bits per heavy atom. The van der Waals surface area contributed by atoms with Crippen molar-refractivity contribution in [1.82, 2.24) is 5.32 Å². The summed E-state index contributed by atoms with van der Waals surface area (Å²) in [7, 11) is 0. The van der Waals surface area contributed by atoms with Crippen LogP contribution in [0.4, 0.5) is 0 Å². The highest BCUT2D eigenvalue weighted by molar-refractivity contribution is 8.00. The molecule has 4 rings (SSSR count). The quantitative estimate of drug-likeness (QED) is 0.432. The van der Waals surface area contributed by atoms with Crippen LogP contribution >= 0.6 is 24.4 Å². The Labute approximate surface area is 194 Å². The number of aliphatic hydroxyl groups is 1. The summed E-state index contributed by atoms with van der Waals surface area (Å²) in [5.74, 6) is 0.737. The van der Waals surface area contributed by atoms with Crippen LogP contribution in [0.3, 0.4) is 0 Å². The van der Waals surface area contributed by atoms with E-state index in [1.165, 1.54) is 16.7 Å². The number of rotatable bonds is 5. The second kappa shape index (κ2) is 14.7. The second-order valence-corrected chi connectivity index (χ2v) is 8.56. The van der Waals surface area contributed by atoms with Crippen molar-refractivity contribution >= 4 is 30.3 Å². The number of aryl methyl sites for hydroxylation is 1. The lowest BCUT2D eigenvalue weighted by Crippen LogP contribution is -2.34. The summed E-state index contributed by atoms with van der Waals surface area (Å²) in [4.78, 5) is 11.3. The highest BCUT2D eigenvalue weighted by atomic mass is 32.2. The minimum absolute atomic E-state index is 0.130. The smallest absolute Gasteiger partial charge is 0.244 e. The largest absolute Gasteiger partial charge is 0.396 e. The van der Waals surface area contributed by atoms with Crippen LogP contribution < -0.4 is 11.1 Å². The van der Waals surface area contributed by atoms with Crippen LogP contribution in [-0.2, 0) is 11.2 Å². The molecule has 0 aromatic heterocycles. The lowest BCUT2D eigenvalue weighted by Gasteiger charge is -2.00. The molecule has 1 atom stereocenters. The summed E-state index contributed by atoms with van der Waals surface area (Å²) in [5.41, 5.74) is 8.76. The molecule has 0 unspecified atom stereocenters. The molecule has 1 fully saturated rings. The SMILES string of the molecule is NC(=O)[C@H]1NCCS1.OCCCc1ccccc1.Sc1ccc(-c2ccccc2)cc1. The van der Waals surface area contributed by atoms with E-state index >= 15 is 0 Å². The summed E-state index contributed by atoms with van der Waals surface area (Å²) in [6.07, 6.45) is 1.85. The van der Waals surface area contributed by atoms with E-state index in [1.54, 1.807) is 11.8 Å². The first-order chi connectivity index (χ1) is 15.1. The van der Waals surface area contributed by atoms with Crippen LogP contribution in [0, 0.1) is 0 Å². The number of nitrogens with one attached hydrogen (secondary N) is 1.